The summed E-state index contributed by atoms with van der Waals surface area (Å²) in [5.41, 5.74) is 0.960. The van der Waals surface area contributed by atoms with Gasteiger partial charge in [-0.1, -0.05) is 17.7 Å². The summed E-state index contributed by atoms with van der Waals surface area (Å²) in [6.07, 6.45) is 1.48. The van der Waals surface area contributed by atoms with E-state index in [2.05, 4.69) is 0 Å². The van der Waals surface area contributed by atoms with E-state index in [4.69, 9.17) is 16.7 Å². The van der Waals surface area contributed by atoms with Gasteiger partial charge in [0.25, 0.3) is 0 Å². The zero-order valence-electron chi connectivity index (χ0n) is 5.37. The Morgan fingerprint density at radius 3 is 2.40 bits per heavy atom. The van der Waals surface area contributed by atoms with Crippen molar-refractivity contribution >= 4 is 17.6 Å². The molecule has 0 fully saturated rings. The number of carbonyl (C=O) groups is 1. The van der Waals surface area contributed by atoms with Crippen LogP contribution in [0.4, 0.5) is 0 Å². The van der Waals surface area contributed by atoms with Gasteiger partial charge in [0, 0.05) is 11.6 Å². The van der Waals surface area contributed by atoms with Crippen LogP contribution in [0, 0.1) is 0 Å². The monoisotopic (exact) mass is 170 g/mol. The molecule has 50 valence electrons. The molecule has 0 aromatic carbocycles. The van der Waals surface area contributed by atoms with Crippen LogP contribution in [0.2, 0.25) is 0 Å². The quantitative estimate of drug-likeness (QED) is 0.209. The molecule has 5 heteroatoms. The van der Waals surface area contributed by atoms with Crippen molar-refractivity contribution in [3.05, 3.63) is 23.4 Å². The molecule has 0 saturated heterocycles. The Balaban J connectivity index is 0. The molecule has 0 bridgehead atoms. The number of hydrogen-bond donors (Lipinski definition) is 1. The molecule has 0 aliphatic heterocycles. The Morgan fingerprint density at radius 2 is 2.10 bits per heavy atom. The van der Waals surface area contributed by atoms with Crippen molar-refractivity contribution in [3.8, 4) is 0 Å². The average molecular weight is 171 g/mol. The van der Waals surface area contributed by atoms with Crippen molar-refractivity contribution in [3.63, 3.8) is 0 Å². The molecule has 0 amide bonds. The van der Waals surface area contributed by atoms with Gasteiger partial charge in [-0.25, -0.2) is 4.79 Å². The molecular formula is C5H4ClNaO3. The third kappa shape index (κ3) is 8.04. The van der Waals surface area contributed by atoms with E-state index >= 15 is 0 Å². The summed E-state index contributed by atoms with van der Waals surface area (Å²) in [4.78, 5) is 9.73. The largest absolute Gasteiger partial charge is 1.00 e. The second-order valence-electron chi connectivity index (χ2n) is 1.18. The summed E-state index contributed by atoms with van der Waals surface area (Å²) in [7, 11) is 0. The predicted molar refractivity (Wildman–Crippen MR) is 30.7 cm³/mol. The molecule has 0 heterocycles. The summed E-state index contributed by atoms with van der Waals surface area (Å²) < 4.78 is 0. The number of aliphatic carboxylic acids is 1. The molecule has 0 rings (SSSR count). The maximum absolute atomic E-state index is 10.2. The van der Waals surface area contributed by atoms with E-state index < -0.39 is 11.7 Å². The van der Waals surface area contributed by atoms with Crippen LogP contribution in [0.3, 0.4) is 0 Å². The number of carboxylic acid groups (broad SMARTS) is 1. The fourth-order valence-corrected chi connectivity index (χ4v) is 0.356. The molecule has 0 saturated carbocycles. The Morgan fingerprint density at radius 1 is 1.60 bits per heavy atom. The van der Waals surface area contributed by atoms with Crippen LogP contribution in [0.5, 0.6) is 0 Å². The fraction of sp³-hybridized carbons (Fsp3) is 0. The average Bonchev–Trinajstić information content (AvgIpc) is 1.63. The van der Waals surface area contributed by atoms with Crippen molar-refractivity contribution in [2.24, 2.45) is 0 Å². The molecule has 0 radical (unpaired) electrons. The second-order valence-corrected chi connectivity index (χ2v) is 1.43. The van der Waals surface area contributed by atoms with Crippen molar-refractivity contribution in [2.45, 2.75) is 0 Å². The standard InChI is InChI=1S/C5H5ClO3.Na/c6-2-1-4(7)3-5(8)9;/h1-3,7H,(H,8,9);/q;+1/p-1/b2-1+,4-3+;. The van der Waals surface area contributed by atoms with Crippen LogP contribution >= 0.6 is 11.6 Å². The minimum Gasteiger partial charge on any atom is -0.872 e. The predicted octanol–water partition coefficient (Wildman–Crippen LogP) is -2.93. The zero-order chi connectivity index (χ0) is 7.28. The van der Waals surface area contributed by atoms with Gasteiger partial charge in [-0.05, 0) is 0 Å². The van der Waals surface area contributed by atoms with E-state index in [9.17, 15) is 9.90 Å². The van der Waals surface area contributed by atoms with Gasteiger partial charge >= 0.3 is 35.5 Å². The van der Waals surface area contributed by atoms with Crippen LogP contribution in [0.1, 0.15) is 0 Å². The SMILES string of the molecule is O=C(O)/C=C([O-])\C=C\Cl.[Na+]. The minimum atomic E-state index is -1.27. The Hall–Kier alpha value is 0.0400. The topological polar surface area (TPSA) is 60.4 Å². The van der Waals surface area contributed by atoms with Gasteiger partial charge in [-0.15, -0.1) is 5.76 Å². The zero-order valence-corrected chi connectivity index (χ0v) is 8.13. The van der Waals surface area contributed by atoms with Crippen molar-refractivity contribution in [2.75, 3.05) is 0 Å². The smallest absolute Gasteiger partial charge is 0.872 e. The van der Waals surface area contributed by atoms with E-state index in [0.717, 1.165) is 11.6 Å². The van der Waals surface area contributed by atoms with Gasteiger partial charge in [0.1, 0.15) is 0 Å². The molecule has 0 atom stereocenters. The van der Waals surface area contributed by atoms with Gasteiger partial charge in [0.15, 0.2) is 0 Å². The molecule has 0 spiro atoms. The van der Waals surface area contributed by atoms with Gasteiger partial charge in [0.05, 0.1) is 0 Å². The third-order valence-corrected chi connectivity index (χ3v) is 0.619. The van der Waals surface area contributed by atoms with Gasteiger partial charge < -0.3 is 10.2 Å². The molecule has 0 aliphatic rings. The molecule has 0 aromatic heterocycles. The van der Waals surface area contributed by atoms with Crippen LogP contribution in [0.25, 0.3) is 0 Å². The number of allylic oxidation sites excluding steroid dienone is 1. The summed E-state index contributed by atoms with van der Waals surface area (Å²) in [6, 6.07) is 0. The Bertz CT molecular complexity index is 164. The van der Waals surface area contributed by atoms with Crippen molar-refractivity contribution in [1.29, 1.82) is 0 Å². The Labute approximate surface area is 85.3 Å². The van der Waals surface area contributed by atoms with Gasteiger partial charge in [-0.2, -0.15) is 0 Å². The normalized spacial score (nSPS) is 11.1. The summed E-state index contributed by atoms with van der Waals surface area (Å²) in [5.74, 6) is -1.90. The van der Waals surface area contributed by atoms with Crippen LogP contribution in [-0.2, 0) is 4.79 Å². The van der Waals surface area contributed by atoms with Crippen molar-refractivity contribution < 1.29 is 44.6 Å². The Kier molecular flexibility index (Phi) is 9.08. The van der Waals surface area contributed by atoms with E-state index in [1.165, 1.54) is 0 Å². The minimum absolute atomic E-state index is 0. The molecular weight excluding hydrogens is 166 g/mol. The first-order valence-electron chi connectivity index (χ1n) is 2.05. The molecule has 0 aliphatic carbocycles. The number of hydrogen-bond acceptors (Lipinski definition) is 2. The van der Waals surface area contributed by atoms with E-state index in [1.54, 1.807) is 0 Å². The fourth-order valence-electron chi connectivity index (χ4n) is 0.232. The van der Waals surface area contributed by atoms with E-state index in [1.807, 2.05) is 0 Å². The molecule has 3 nitrogen and oxygen atoms in total. The number of carboxylic acids is 1. The first kappa shape index (κ1) is 12.7. The van der Waals surface area contributed by atoms with E-state index in [-0.39, 0.29) is 29.6 Å². The summed E-state index contributed by atoms with van der Waals surface area (Å²) in [5, 5.41) is 18.2. The van der Waals surface area contributed by atoms with E-state index in [0.29, 0.717) is 6.08 Å². The summed E-state index contributed by atoms with van der Waals surface area (Å²) in [6.45, 7) is 0. The molecule has 1 N–H and O–H groups in total. The first-order valence-corrected chi connectivity index (χ1v) is 2.49. The maximum Gasteiger partial charge on any atom is 1.00 e. The van der Waals surface area contributed by atoms with Crippen LogP contribution in [0.15, 0.2) is 23.4 Å². The van der Waals surface area contributed by atoms with Gasteiger partial charge in [0.2, 0.25) is 0 Å². The third-order valence-electron chi connectivity index (χ3n) is 0.493. The number of rotatable bonds is 2. The molecule has 10 heavy (non-hydrogen) atoms. The molecule has 0 unspecified atom stereocenters. The summed E-state index contributed by atoms with van der Waals surface area (Å²) >= 11 is 4.97. The first-order chi connectivity index (χ1) is 4.16. The van der Waals surface area contributed by atoms with Crippen LogP contribution < -0.4 is 34.7 Å². The van der Waals surface area contributed by atoms with Crippen LogP contribution in [-0.4, -0.2) is 11.1 Å². The second kappa shape index (κ2) is 7.15. The number of halogens is 1. The van der Waals surface area contributed by atoms with Gasteiger partial charge in [-0.3, -0.25) is 0 Å². The molecule has 0 aromatic rings. The maximum atomic E-state index is 10.2. The van der Waals surface area contributed by atoms with Crippen molar-refractivity contribution in [1.82, 2.24) is 0 Å².